The molecular formula is C23H23N3. The van der Waals surface area contributed by atoms with Crippen molar-refractivity contribution in [1.29, 1.82) is 0 Å². The second-order valence-corrected chi connectivity index (χ2v) is 7.08. The lowest BCUT2D eigenvalue weighted by atomic mass is 9.91. The molecule has 3 nitrogen and oxygen atoms in total. The number of aryl methyl sites for hydroxylation is 2. The predicted molar refractivity (Wildman–Crippen MR) is 110 cm³/mol. The number of aliphatic imine (C=N–C) groups is 1. The molecule has 3 aromatic carbocycles. The highest BCUT2D eigenvalue weighted by Crippen LogP contribution is 2.40. The summed E-state index contributed by atoms with van der Waals surface area (Å²) in [5.74, 6) is 0.906. The highest BCUT2D eigenvalue weighted by molar-refractivity contribution is 6.09. The zero-order valence-corrected chi connectivity index (χ0v) is 15.4. The van der Waals surface area contributed by atoms with E-state index >= 15 is 0 Å². The Morgan fingerprint density at radius 3 is 1.96 bits per heavy atom. The van der Waals surface area contributed by atoms with Gasteiger partial charge < -0.3 is 10.6 Å². The number of nitrogens with zero attached hydrogens (tertiary/aromatic N) is 1. The smallest absolute Gasteiger partial charge is 0.137 e. The third-order valence-electron chi connectivity index (χ3n) is 4.91. The quantitative estimate of drug-likeness (QED) is 0.633. The number of anilines is 2. The third-order valence-corrected chi connectivity index (χ3v) is 4.91. The van der Waals surface area contributed by atoms with Crippen molar-refractivity contribution in [3.05, 3.63) is 89.5 Å². The first-order chi connectivity index (χ1) is 12.5. The number of para-hydroxylation sites is 1. The Kier molecular flexibility index (Phi) is 4.00. The molecule has 3 heteroatoms. The largest absolute Gasteiger partial charge is 0.369 e. The van der Waals surface area contributed by atoms with Crippen LogP contribution in [0.3, 0.4) is 0 Å². The molecule has 0 aliphatic carbocycles. The van der Waals surface area contributed by atoms with E-state index in [0.29, 0.717) is 0 Å². The summed E-state index contributed by atoms with van der Waals surface area (Å²) < 4.78 is 0. The van der Waals surface area contributed by atoms with Gasteiger partial charge in [0, 0.05) is 16.9 Å². The fraction of sp³-hybridized carbons (Fsp3) is 0.174. The van der Waals surface area contributed by atoms with Crippen LogP contribution in [0.2, 0.25) is 0 Å². The molecular weight excluding hydrogens is 318 g/mol. The van der Waals surface area contributed by atoms with E-state index in [4.69, 9.17) is 4.99 Å². The van der Waals surface area contributed by atoms with Gasteiger partial charge in [-0.1, -0.05) is 53.6 Å². The summed E-state index contributed by atoms with van der Waals surface area (Å²) in [5, 5.41) is 7.21. The molecule has 1 atom stereocenters. The molecule has 3 aromatic rings. The van der Waals surface area contributed by atoms with E-state index in [9.17, 15) is 0 Å². The van der Waals surface area contributed by atoms with Crippen LogP contribution >= 0.6 is 0 Å². The molecule has 26 heavy (non-hydrogen) atoms. The van der Waals surface area contributed by atoms with E-state index in [1.165, 1.54) is 16.7 Å². The topological polar surface area (TPSA) is 36.4 Å². The Bertz CT molecular complexity index is 956. The monoisotopic (exact) mass is 341 g/mol. The molecule has 1 aliphatic rings. The van der Waals surface area contributed by atoms with E-state index in [0.717, 1.165) is 22.9 Å². The van der Waals surface area contributed by atoms with Gasteiger partial charge in [0.15, 0.2) is 0 Å². The minimum atomic E-state index is -0.420. The van der Waals surface area contributed by atoms with Crippen LogP contribution in [0.25, 0.3) is 0 Å². The summed E-state index contributed by atoms with van der Waals surface area (Å²) in [6.45, 7) is 6.37. The van der Waals surface area contributed by atoms with E-state index < -0.39 is 5.54 Å². The molecule has 0 fully saturated rings. The molecule has 0 bridgehead atoms. The average molecular weight is 341 g/mol. The first kappa shape index (κ1) is 16.4. The van der Waals surface area contributed by atoms with Crippen molar-refractivity contribution in [1.82, 2.24) is 0 Å². The van der Waals surface area contributed by atoms with Crippen molar-refractivity contribution in [2.45, 2.75) is 26.3 Å². The number of fused-ring (bicyclic) bond motifs is 1. The summed E-state index contributed by atoms with van der Waals surface area (Å²) in [6, 6.07) is 25.2. The van der Waals surface area contributed by atoms with Gasteiger partial charge in [-0.25, -0.2) is 4.99 Å². The van der Waals surface area contributed by atoms with Crippen molar-refractivity contribution in [2.75, 3.05) is 10.6 Å². The van der Waals surface area contributed by atoms with Crippen LogP contribution in [-0.4, -0.2) is 5.84 Å². The van der Waals surface area contributed by atoms with E-state index in [1.54, 1.807) is 0 Å². The highest BCUT2D eigenvalue weighted by atomic mass is 15.1. The Labute approximate surface area is 154 Å². The summed E-state index contributed by atoms with van der Waals surface area (Å²) in [5.41, 5.74) is 6.37. The van der Waals surface area contributed by atoms with Crippen LogP contribution in [0, 0.1) is 13.8 Å². The molecule has 1 heterocycles. The Morgan fingerprint density at radius 1 is 0.731 bits per heavy atom. The van der Waals surface area contributed by atoms with Gasteiger partial charge >= 0.3 is 0 Å². The van der Waals surface area contributed by atoms with Gasteiger partial charge in [0.2, 0.25) is 0 Å². The van der Waals surface area contributed by atoms with Gasteiger partial charge in [0.05, 0.1) is 5.69 Å². The summed E-state index contributed by atoms with van der Waals surface area (Å²) in [4.78, 5) is 4.88. The number of rotatable bonds is 3. The van der Waals surface area contributed by atoms with Crippen LogP contribution in [-0.2, 0) is 5.54 Å². The van der Waals surface area contributed by atoms with Crippen LogP contribution < -0.4 is 10.6 Å². The minimum absolute atomic E-state index is 0.420. The summed E-state index contributed by atoms with van der Waals surface area (Å²) in [6.07, 6.45) is 0. The minimum Gasteiger partial charge on any atom is -0.369 e. The average Bonchev–Trinajstić information content (AvgIpc) is 2.91. The third kappa shape index (κ3) is 2.97. The standard InChI is InChI=1S/C23H23N3/c1-16-8-12-18(13-9-16)24-22-23(3,20-6-4-5-7-21(20)25-22)26-19-14-10-17(2)11-15-19/h4-15,26H,1-3H3,(H,24,25)/t23-/m1/s1. The maximum atomic E-state index is 4.88. The lowest BCUT2D eigenvalue weighted by molar-refractivity contribution is 0.755. The number of nitrogens with one attached hydrogen (secondary N) is 2. The van der Waals surface area contributed by atoms with Gasteiger partial charge in [0.25, 0.3) is 0 Å². The zero-order chi connectivity index (χ0) is 18.1. The van der Waals surface area contributed by atoms with Crippen molar-refractivity contribution >= 4 is 22.9 Å². The molecule has 0 amide bonds. The van der Waals surface area contributed by atoms with Gasteiger partial charge in [-0.2, -0.15) is 0 Å². The predicted octanol–water partition coefficient (Wildman–Crippen LogP) is 5.79. The van der Waals surface area contributed by atoms with E-state index in [1.807, 2.05) is 6.07 Å². The molecule has 2 N–H and O–H groups in total. The van der Waals surface area contributed by atoms with E-state index in [-0.39, 0.29) is 0 Å². The second-order valence-electron chi connectivity index (χ2n) is 7.08. The number of hydrogen-bond acceptors (Lipinski definition) is 3. The molecule has 0 radical (unpaired) electrons. The van der Waals surface area contributed by atoms with Gasteiger partial charge in [-0.05, 0) is 51.1 Å². The van der Waals surface area contributed by atoms with Gasteiger partial charge in [0.1, 0.15) is 11.4 Å². The molecule has 0 saturated carbocycles. The van der Waals surface area contributed by atoms with Crippen LogP contribution in [0.4, 0.5) is 17.1 Å². The lowest BCUT2D eigenvalue weighted by Crippen LogP contribution is -2.42. The Morgan fingerprint density at radius 2 is 1.31 bits per heavy atom. The van der Waals surface area contributed by atoms with E-state index in [2.05, 4.69) is 98.1 Å². The van der Waals surface area contributed by atoms with Crippen molar-refractivity contribution < 1.29 is 0 Å². The normalized spacial score (nSPS) is 18.2. The number of hydrogen-bond donors (Lipinski definition) is 2. The molecule has 0 spiro atoms. The number of benzene rings is 3. The fourth-order valence-corrected chi connectivity index (χ4v) is 3.33. The van der Waals surface area contributed by atoms with Crippen molar-refractivity contribution in [3.8, 4) is 0 Å². The first-order valence-electron chi connectivity index (χ1n) is 8.92. The Hall–Kier alpha value is -3.07. The summed E-state index contributed by atoms with van der Waals surface area (Å²) in [7, 11) is 0. The van der Waals surface area contributed by atoms with Crippen LogP contribution in [0.5, 0.6) is 0 Å². The SMILES string of the molecule is Cc1ccc(NC2=Nc3ccccc3[C@@]2(C)Nc2ccc(C)cc2)cc1. The maximum Gasteiger partial charge on any atom is 0.137 e. The molecule has 130 valence electrons. The van der Waals surface area contributed by atoms with Crippen LogP contribution in [0.15, 0.2) is 77.8 Å². The molecule has 1 aliphatic heterocycles. The lowest BCUT2D eigenvalue weighted by Gasteiger charge is -2.30. The van der Waals surface area contributed by atoms with Crippen molar-refractivity contribution in [2.24, 2.45) is 4.99 Å². The Balaban J connectivity index is 1.71. The first-order valence-corrected chi connectivity index (χ1v) is 8.92. The van der Waals surface area contributed by atoms with Crippen molar-refractivity contribution in [3.63, 3.8) is 0 Å². The van der Waals surface area contributed by atoms with Gasteiger partial charge in [-0.3, -0.25) is 0 Å². The fourth-order valence-electron chi connectivity index (χ4n) is 3.33. The molecule has 4 rings (SSSR count). The maximum absolute atomic E-state index is 4.88. The molecule has 0 unspecified atom stereocenters. The molecule has 0 aromatic heterocycles. The second kappa shape index (κ2) is 6.34. The van der Waals surface area contributed by atoms with Crippen LogP contribution in [0.1, 0.15) is 23.6 Å². The zero-order valence-electron chi connectivity index (χ0n) is 15.4. The molecule has 0 saturated heterocycles. The highest BCUT2D eigenvalue weighted by Gasteiger charge is 2.39. The summed E-state index contributed by atoms with van der Waals surface area (Å²) >= 11 is 0. The number of amidine groups is 1. The van der Waals surface area contributed by atoms with Gasteiger partial charge in [-0.15, -0.1) is 0 Å².